The topological polar surface area (TPSA) is 137 Å². The zero-order valence-electron chi connectivity index (χ0n) is 20.8. The van der Waals surface area contributed by atoms with Gasteiger partial charge in [0.15, 0.2) is 5.82 Å². The van der Waals surface area contributed by atoms with Crippen LogP contribution in [-0.4, -0.2) is 63.0 Å². The Morgan fingerprint density at radius 3 is 2.45 bits per heavy atom. The average molecular weight is 537 g/mol. The van der Waals surface area contributed by atoms with Crippen molar-refractivity contribution in [3.63, 3.8) is 0 Å². The highest BCUT2D eigenvalue weighted by Crippen LogP contribution is 2.28. The minimum Gasteiger partial charge on any atom is -0.368 e. The van der Waals surface area contributed by atoms with Crippen molar-refractivity contribution >= 4 is 35.0 Å². The summed E-state index contributed by atoms with van der Waals surface area (Å²) in [4.78, 5) is 28.9. The standard InChI is InChI=1S/C26H25FN8O2.ClH/c1-15-11-17(14-28)12-20(27)25(15)35-22(36)13-21-24(32-35)23(31-30-21)18-3-5-19(6-4-18)33-7-9-34(10-8-33)26(37)16(2)29;/h3-6,11-13,16,30H,7-10,29H2,1-2H3;1H. The number of rotatable bonds is 4. The number of amides is 1. The molecular formula is C26H26ClFN8O2. The molecule has 4 aromatic rings. The Hall–Kier alpha value is -4.27. The molecule has 0 saturated carbocycles. The van der Waals surface area contributed by atoms with Gasteiger partial charge in [-0.1, -0.05) is 12.1 Å². The third-order valence-corrected chi connectivity index (χ3v) is 6.53. The van der Waals surface area contributed by atoms with E-state index in [1.807, 2.05) is 30.3 Å². The molecule has 2 aromatic heterocycles. The Labute approximate surface area is 223 Å². The van der Waals surface area contributed by atoms with Gasteiger partial charge in [0.2, 0.25) is 5.91 Å². The number of aromatic amines is 1. The summed E-state index contributed by atoms with van der Waals surface area (Å²) in [6.45, 7) is 5.94. The highest BCUT2D eigenvalue weighted by molar-refractivity contribution is 5.89. The maximum absolute atomic E-state index is 14.8. The van der Waals surface area contributed by atoms with Gasteiger partial charge in [-0.05, 0) is 43.7 Å². The van der Waals surface area contributed by atoms with E-state index in [1.54, 1.807) is 18.7 Å². The van der Waals surface area contributed by atoms with Gasteiger partial charge in [-0.2, -0.15) is 20.1 Å². The first-order valence-electron chi connectivity index (χ1n) is 11.9. The van der Waals surface area contributed by atoms with Crippen molar-refractivity contribution in [1.29, 1.82) is 5.26 Å². The quantitative estimate of drug-likeness (QED) is 0.409. The van der Waals surface area contributed by atoms with Gasteiger partial charge in [-0.25, -0.2) is 4.39 Å². The molecule has 196 valence electrons. The molecule has 0 spiro atoms. The lowest BCUT2D eigenvalue weighted by Crippen LogP contribution is -2.52. The van der Waals surface area contributed by atoms with Gasteiger partial charge in [0.1, 0.15) is 16.9 Å². The number of nitriles is 1. The van der Waals surface area contributed by atoms with Crippen LogP contribution in [0, 0.1) is 24.1 Å². The molecule has 12 heteroatoms. The zero-order chi connectivity index (χ0) is 26.3. The Balaban J connectivity index is 0.00000336. The number of nitrogens with zero attached hydrogens (tertiary/aromatic N) is 6. The molecule has 1 saturated heterocycles. The van der Waals surface area contributed by atoms with Crippen molar-refractivity contribution in [3.05, 3.63) is 69.8 Å². The molecule has 10 nitrogen and oxygen atoms in total. The van der Waals surface area contributed by atoms with Gasteiger partial charge < -0.3 is 15.5 Å². The van der Waals surface area contributed by atoms with Gasteiger partial charge >= 0.3 is 0 Å². The third kappa shape index (κ3) is 4.83. The fourth-order valence-corrected chi connectivity index (χ4v) is 4.62. The molecule has 5 rings (SSSR count). The largest absolute Gasteiger partial charge is 0.368 e. The first kappa shape index (κ1) is 26.8. The van der Waals surface area contributed by atoms with Gasteiger partial charge in [-0.15, -0.1) is 12.4 Å². The molecule has 0 radical (unpaired) electrons. The Bertz CT molecular complexity index is 1580. The fourth-order valence-electron chi connectivity index (χ4n) is 4.62. The predicted octanol–water partition coefficient (Wildman–Crippen LogP) is 2.51. The molecule has 3 heterocycles. The van der Waals surface area contributed by atoms with E-state index in [-0.39, 0.29) is 29.6 Å². The first-order chi connectivity index (χ1) is 17.8. The highest BCUT2D eigenvalue weighted by Gasteiger charge is 2.23. The van der Waals surface area contributed by atoms with Crippen molar-refractivity contribution in [1.82, 2.24) is 24.9 Å². The molecule has 38 heavy (non-hydrogen) atoms. The molecule has 1 aliphatic rings. The lowest BCUT2D eigenvalue weighted by molar-refractivity contribution is -0.132. The van der Waals surface area contributed by atoms with Crippen molar-refractivity contribution in [2.24, 2.45) is 5.73 Å². The Morgan fingerprint density at radius 2 is 1.84 bits per heavy atom. The van der Waals surface area contributed by atoms with Crippen LogP contribution in [0.25, 0.3) is 28.0 Å². The first-order valence-corrected chi connectivity index (χ1v) is 11.9. The van der Waals surface area contributed by atoms with Crippen LogP contribution >= 0.6 is 12.4 Å². The van der Waals surface area contributed by atoms with E-state index in [1.165, 1.54) is 12.1 Å². The second kappa shape index (κ2) is 10.6. The maximum Gasteiger partial charge on any atom is 0.273 e. The molecule has 1 amide bonds. The van der Waals surface area contributed by atoms with Gasteiger partial charge in [0, 0.05) is 43.5 Å². The number of carbonyl (C=O) groups is 1. The Morgan fingerprint density at radius 1 is 1.16 bits per heavy atom. The van der Waals surface area contributed by atoms with E-state index in [9.17, 15) is 14.0 Å². The number of anilines is 1. The number of nitrogens with two attached hydrogens (primary N) is 1. The number of nitrogens with one attached hydrogen (secondary N) is 1. The van der Waals surface area contributed by atoms with Crippen LogP contribution in [0.3, 0.4) is 0 Å². The van der Waals surface area contributed by atoms with E-state index in [4.69, 9.17) is 11.0 Å². The molecule has 1 aliphatic heterocycles. The smallest absolute Gasteiger partial charge is 0.273 e. The molecule has 0 bridgehead atoms. The maximum atomic E-state index is 14.8. The number of benzene rings is 2. The predicted molar refractivity (Wildman–Crippen MR) is 144 cm³/mol. The van der Waals surface area contributed by atoms with Crippen molar-refractivity contribution in [2.75, 3.05) is 31.1 Å². The monoisotopic (exact) mass is 536 g/mol. The molecule has 0 aliphatic carbocycles. The number of halogens is 2. The van der Waals surface area contributed by atoms with Crippen molar-refractivity contribution in [3.8, 4) is 23.0 Å². The second-order valence-corrected chi connectivity index (χ2v) is 9.11. The van der Waals surface area contributed by atoms with Crippen LogP contribution in [0.4, 0.5) is 10.1 Å². The van der Waals surface area contributed by atoms with E-state index in [2.05, 4.69) is 20.2 Å². The molecule has 1 fully saturated rings. The second-order valence-electron chi connectivity index (χ2n) is 9.11. The van der Waals surface area contributed by atoms with Crippen molar-refractivity contribution in [2.45, 2.75) is 19.9 Å². The Kier molecular flexibility index (Phi) is 7.48. The van der Waals surface area contributed by atoms with Gasteiger partial charge in [-0.3, -0.25) is 14.7 Å². The summed E-state index contributed by atoms with van der Waals surface area (Å²) in [6, 6.07) is 13.1. The summed E-state index contributed by atoms with van der Waals surface area (Å²) >= 11 is 0. The number of aromatic nitrogens is 4. The van der Waals surface area contributed by atoms with Crippen LogP contribution < -0.4 is 16.2 Å². The molecular weight excluding hydrogens is 511 g/mol. The highest BCUT2D eigenvalue weighted by atomic mass is 35.5. The minimum absolute atomic E-state index is 0. The number of hydrogen-bond acceptors (Lipinski definition) is 7. The summed E-state index contributed by atoms with van der Waals surface area (Å²) < 4.78 is 15.8. The number of H-pyrrole nitrogens is 1. The van der Waals surface area contributed by atoms with Gasteiger partial charge in [0.05, 0.1) is 23.2 Å². The molecule has 1 atom stereocenters. The average Bonchev–Trinajstić information content (AvgIpc) is 3.30. The van der Waals surface area contributed by atoms with Crippen molar-refractivity contribution < 1.29 is 9.18 Å². The summed E-state index contributed by atoms with van der Waals surface area (Å²) in [7, 11) is 0. The minimum atomic E-state index is -0.706. The summed E-state index contributed by atoms with van der Waals surface area (Å²) in [6.07, 6.45) is 0. The molecule has 1 unspecified atom stereocenters. The van der Waals surface area contributed by atoms with E-state index < -0.39 is 17.4 Å². The van der Waals surface area contributed by atoms with E-state index in [0.29, 0.717) is 48.5 Å². The molecule has 3 N–H and O–H groups in total. The van der Waals surface area contributed by atoms with Crippen LogP contribution in [0.1, 0.15) is 18.1 Å². The lowest BCUT2D eigenvalue weighted by atomic mass is 10.1. The number of piperazine rings is 1. The summed E-state index contributed by atoms with van der Waals surface area (Å²) in [5, 5.41) is 20.7. The van der Waals surface area contributed by atoms with Crippen LogP contribution in [0.2, 0.25) is 0 Å². The van der Waals surface area contributed by atoms with E-state index in [0.717, 1.165) is 22.0 Å². The zero-order valence-corrected chi connectivity index (χ0v) is 21.6. The summed E-state index contributed by atoms with van der Waals surface area (Å²) in [5.41, 5.74) is 8.94. The van der Waals surface area contributed by atoms with Crippen LogP contribution in [0.5, 0.6) is 0 Å². The number of fused-ring (bicyclic) bond motifs is 1. The van der Waals surface area contributed by atoms with Gasteiger partial charge in [0.25, 0.3) is 5.56 Å². The fraction of sp³-hybridized carbons (Fsp3) is 0.269. The van der Waals surface area contributed by atoms with Crippen LogP contribution in [-0.2, 0) is 4.79 Å². The SMILES string of the molecule is Cc1cc(C#N)cc(F)c1-n1nc2c(-c3ccc(N4CCN(C(=O)C(C)N)CC4)cc3)n[nH]c2cc1=O.Cl. The number of aryl methyl sites for hydroxylation is 1. The third-order valence-electron chi connectivity index (χ3n) is 6.53. The number of carbonyl (C=O) groups excluding carboxylic acids is 1. The lowest BCUT2D eigenvalue weighted by Gasteiger charge is -2.36. The normalized spacial score (nSPS) is 14.2. The summed E-state index contributed by atoms with van der Waals surface area (Å²) in [5.74, 6) is -0.745. The van der Waals surface area contributed by atoms with E-state index >= 15 is 0 Å². The number of hydrogen-bond donors (Lipinski definition) is 2. The van der Waals surface area contributed by atoms with Crippen LogP contribution in [0.15, 0.2) is 47.3 Å². The molecule has 2 aromatic carbocycles.